The van der Waals surface area contributed by atoms with Gasteiger partial charge in [0.05, 0.1) is 0 Å². The summed E-state index contributed by atoms with van der Waals surface area (Å²) in [5, 5.41) is 3.61. The summed E-state index contributed by atoms with van der Waals surface area (Å²) in [5.41, 5.74) is 0. The molecule has 0 spiro atoms. The minimum atomic E-state index is 0.592. The second-order valence-electron chi connectivity index (χ2n) is 5.31. The topological polar surface area (TPSA) is 33.1 Å². The Bertz CT molecular complexity index is 345. The molecule has 1 aliphatic rings. The van der Waals surface area contributed by atoms with E-state index in [1.807, 2.05) is 12.4 Å². The van der Waals surface area contributed by atoms with Crippen molar-refractivity contribution in [2.45, 2.75) is 38.8 Å². The van der Waals surface area contributed by atoms with Gasteiger partial charge in [0.25, 0.3) is 0 Å². The van der Waals surface area contributed by atoms with Gasteiger partial charge in [0.2, 0.25) is 0 Å². The standard InChI is InChI=1S/C13H24N4/c1-11(2)15-12-4-7-17(10-12)8-5-13-14-6-9-16(13)3/h6,9,11-12,15H,4-5,7-8,10H2,1-3H3. The summed E-state index contributed by atoms with van der Waals surface area (Å²) in [6.07, 6.45) is 6.22. The smallest absolute Gasteiger partial charge is 0.109 e. The quantitative estimate of drug-likeness (QED) is 0.829. The Hall–Kier alpha value is -0.870. The van der Waals surface area contributed by atoms with Crippen LogP contribution in [0.5, 0.6) is 0 Å². The number of nitrogens with zero attached hydrogens (tertiary/aromatic N) is 3. The van der Waals surface area contributed by atoms with Gasteiger partial charge >= 0.3 is 0 Å². The van der Waals surface area contributed by atoms with Gasteiger partial charge in [0.15, 0.2) is 0 Å². The van der Waals surface area contributed by atoms with Gasteiger partial charge < -0.3 is 14.8 Å². The molecule has 1 unspecified atom stereocenters. The number of aromatic nitrogens is 2. The first-order valence-electron chi connectivity index (χ1n) is 6.59. The highest BCUT2D eigenvalue weighted by Crippen LogP contribution is 2.10. The maximum Gasteiger partial charge on any atom is 0.109 e. The number of imidazole rings is 1. The van der Waals surface area contributed by atoms with Gasteiger partial charge in [-0.15, -0.1) is 0 Å². The number of rotatable bonds is 5. The molecule has 2 rings (SSSR count). The van der Waals surface area contributed by atoms with Crippen LogP contribution in [-0.2, 0) is 13.5 Å². The lowest BCUT2D eigenvalue weighted by Crippen LogP contribution is -2.37. The molecule has 4 nitrogen and oxygen atoms in total. The zero-order chi connectivity index (χ0) is 12.3. The molecule has 1 fully saturated rings. The molecule has 0 bridgehead atoms. The predicted octanol–water partition coefficient (Wildman–Crippen LogP) is 1.03. The second-order valence-corrected chi connectivity index (χ2v) is 5.31. The lowest BCUT2D eigenvalue weighted by Gasteiger charge is -2.18. The van der Waals surface area contributed by atoms with Crippen LogP contribution in [0.15, 0.2) is 12.4 Å². The van der Waals surface area contributed by atoms with Gasteiger partial charge in [0.1, 0.15) is 5.82 Å². The molecular weight excluding hydrogens is 212 g/mol. The van der Waals surface area contributed by atoms with Crippen LogP contribution in [0.4, 0.5) is 0 Å². The van der Waals surface area contributed by atoms with Gasteiger partial charge in [-0.25, -0.2) is 4.98 Å². The van der Waals surface area contributed by atoms with Gasteiger partial charge in [-0.1, -0.05) is 13.8 Å². The molecule has 1 N–H and O–H groups in total. The average molecular weight is 236 g/mol. The summed E-state index contributed by atoms with van der Waals surface area (Å²) in [5.74, 6) is 1.19. The van der Waals surface area contributed by atoms with E-state index in [9.17, 15) is 0 Å². The number of aryl methyl sites for hydroxylation is 1. The molecule has 1 aliphatic heterocycles. The molecule has 1 aromatic heterocycles. The summed E-state index contributed by atoms with van der Waals surface area (Å²) in [4.78, 5) is 6.90. The van der Waals surface area contributed by atoms with Crippen molar-refractivity contribution in [1.29, 1.82) is 0 Å². The van der Waals surface area contributed by atoms with Crippen molar-refractivity contribution in [2.24, 2.45) is 7.05 Å². The molecule has 1 saturated heterocycles. The first-order chi connectivity index (χ1) is 8.15. The molecule has 4 heteroatoms. The second kappa shape index (κ2) is 5.65. The largest absolute Gasteiger partial charge is 0.338 e. The predicted molar refractivity (Wildman–Crippen MR) is 70.0 cm³/mol. The van der Waals surface area contributed by atoms with Gasteiger partial charge in [-0.2, -0.15) is 0 Å². The lowest BCUT2D eigenvalue weighted by atomic mass is 10.2. The summed E-state index contributed by atoms with van der Waals surface area (Å²) in [6.45, 7) is 7.96. The van der Waals surface area contributed by atoms with Gasteiger partial charge in [0, 0.05) is 51.0 Å². The highest BCUT2D eigenvalue weighted by molar-refractivity contribution is 4.93. The van der Waals surface area contributed by atoms with Crippen molar-refractivity contribution < 1.29 is 0 Å². The number of hydrogen-bond acceptors (Lipinski definition) is 3. The Morgan fingerprint density at radius 3 is 3.00 bits per heavy atom. The van der Waals surface area contributed by atoms with E-state index >= 15 is 0 Å². The molecule has 0 saturated carbocycles. The van der Waals surface area contributed by atoms with Crippen molar-refractivity contribution in [3.05, 3.63) is 18.2 Å². The summed E-state index contributed by atoms with van der Waals surface area (Å²) >= 11 is 0. The summed E-state index contributed by atoms with van der Waals surface area (Å²) in [7, 11) is 2.06. The van der Waals surface area contributed by atoms with Crippen LogP contribution in [0.1, 0.15) is 26.1 Å². The fraction of sp³-hybridized carbons (Fsp3) is 0.769. The first-order valence-corrected chi connectivity index (χ1v) is 6.59. The number of likely N-dealkylation sites (tertiary alicyclic amines) is 1. The maximum atomic E-state index is 4.36. The summed E-state index contributed by atoms with van der Waals surface area (Å²) in [6, 6.07) is 1.27. The Kier molecular flexibility index (Phi) is 4.18. The Balaban J connectivity index is 1.73. The average Bonchev–Trinajstić information content (AvgIpc) is 2.84. The van der Waals surface area contributed by atoms with E-state index in [-0.39, 0.29) is 0 Å². The number of hydrogen-bond donors (Lipinski definition) is 1. The lowest BCUT2D eigenvalue weighted by molar-refractivity contribution is 0.325. The first kappa shape index (κ1) is 12.6. The molecule has 0 aromatic carbocycles. The van der Waals surface area contributed by atoms with Crippen molar-refractivity contribution in [3.63, 3.8) is 0 Å². The van der Waals surface area contributed by atoms with Crippen LogP contribution in [0.2, 0.25) is 0 Å². The Labute approximate surface area is 104 Å². The van der Waals surface area contributed by atoms with Crippen molar-refractivity contribution >= 4 is 0 Å². The number of nitrogens with one attached hydrogen (secondary N) is 1. The molecule has 1 aromatic rings. The van der Waals surface area contributed by atoms with Crippen molar-refractivity contribution in [2.75, 3.05) is 19.6 Å². The molecule has 1 atom stereocenters. The summed E-state index contributed by atoms with van der Waals surface area (Å²) < 4.78 is 2.11. The van der Waals surface area contributed by atoms with Gasteiger partial charge in [-0.05, 0) is 13.0 Å². The van der Waals surface area contributed by atoms with E-state index in [1.54, 1.807) is 0 Å². The normalized spacial score (nSPS) is 21.5. The highest BCUT2D eigenvalue weighted by Gasteiger charge is 2.22. The zero-order valence-corrected chi connectivity index (χ0v) is 11.2. The third-order valence-electron chi connectivity index (χ3n) is 3.41. The molecule has 17 heavy (non-hydrogen) atoms. The molecule has 96 valence electrons. The van der Waals surface area contributed by atoms with E-state index < -0.39 is 0 Å². The van der Waals surface area contributed by atoms with E-state index in [1.165, 1.54) is 25.3 Å². The fourth-order valence-electron chi connectivity index (χ4n) is 2.54. The van der Waals surface area contributed by atoms with E-state index in [0.29, 0.717) is 12.1 Å². The van der Waals surface area contributed by atoms with Crippen LogP contribution < -0.4 is 5.32 Å². The monoisotopic (exact) mass is 236 g/mol. The van der Waals surface area contributed by atoms with Crippen molar-refractivity contribution in [3.8, 4) is 0 Å². The molecule has 0 amide bonds. The van der Waals surface area contributed by atoms with E-state index in [2.05, 4.69) is 40.7 Å². The molecular formula is C13H24N4. The molecule has 0 aliphatic carbocycles. The third kappa shape index (κ3) is 3.54. The van der Waals surface area contributed by atoms with Crippen molar-refractivity contribution in [1.82, 2.24) is 19.8 Å². The molecule has 0 radical (unpaired) electrons. The maximum absolute atomic E-state index is 4.36. The Morgan fingerprint density at radius 2 is 2.35 bits per heavy atom. The third-order valence-corrected chi connectivity index (χ3v) is 3.41. The van der Waals surface area contributed by atoms with Crippen LogP contribution in [0.3, 0.4) is 0 Å². The van der Waals surface area contributed by atoms with Crippen LogP contribution in [0.25, 0.3) is 0 Å². The Morgan fingerprint density at radius 1 is 1.53 bits per heavy atom. The molecule has 2 heterocycles. The van der Waals surface area contributed by atoms with Crippen LogP contribution in [-0.4, -0.2) is 46.2 Å². The fourth-order valence-corrected chi connectivity index (χ4v) is 2.54. The minimum Gasteiger partial charge on any atom is -0.338 e. The SMILES string of the molecule is CC(C)NC1CCN(CCc2nccn2C)C1. The highest BCUT2D eigenvalue weighted by atomic mass is 15.2. The van der Waals surface area contributed by atoms with Gasteiger partial charge in [-0.3, -0.25) is 0 Å². The van der Waals surface area contributed by atoms with Crippen LogP contribution in [0, 0.1) is 0 Å². The minimum absolute atomic E-state index is 0.592. The van der Waals surface area contributed by atoms with Crippen LogP contribution >= 0.6 is 0 Å². The van der Waals surface area contributed by atoms with E-state index in [0.717, 1.165) is 13.0 Å². The zero-order valence-electron chi connectivity index (χ0n) is 11.2. The van der Waals surface area contributed by atoms with E-state index in [4.69, 9.17) is 0 Å².